The zero-order chi connectivity index (χ0) is 13.7. The summed E-state index contributed by atoms with van der Waals surface area (Å²) >= 11 is 0. The third-order valence-electron chi connectivity index (χ3n) is 4.62. The first-order valence-electron chi connectivity index (χ1n) is 6.37. The molecule has 0 aliphatic heterocycles. The number of hydrogen-bond donors (Lipinski definition) is 0. The smallest absolute Gasteiger partial charge is 0.122 e. The molecule has 1 saturated carbocycles. The van der Waals surface area contributed by atoms with Gasteiger partial charge >= 0.3 is 0 Å². The first kappa shape index (κ1) is 13.0. The third-order valence-corrected chi connectivity index (χ3v) is 4.62. The minimum absolute atomic E-state index is 0.0816. The average molecular weight is 243 g/mol. The minimum atomic E-state index is -0.307. The van der Waals surface area contributed by atoms with Crippen LogP contribution >= 0.6 is 0 Å². The topological polar surface area (TPSA) is 33.0 Å². The summed E-state index contributed by atoms with van der Waals surface area (Å²) in [5.74, 6) is 0.917. The van der Waals surface area contributed by atoms with Crippen molar-refractivity contribution in [1.82, 2.24) is 0 Å². The molecule has 1 aliphatic rings. The van der Waals surface area contributed by atoms with Crippen molar-refractivity contribution in [2.75, 3.05) is 7.11 Å². The van der Waals surface area contributed by atoms with Gasteiger partial charge in [-0.05, 0) is 60.9 Å². The van der Waals surface area contributed by atoms with Crippen molar-refractivity contribution in [2.24, 2.45) is 5.41 Å². The van der Waals surface area contributed by atoms with E-state index in [4.69, 9.17) is 4.74 Å². The van der Waals surface area contributed by atoms with Crippen molar-refractivity contribution in [3.63, 3.8) is 0 Å². The first-order valence-corrected chi connectivity index (χ1v) is 6.37. The highest BCUT2D eigenvalue weighted by Crippen LogP contribution is 2.65. The predicted molar refractivity (Wildman–Crippen MR) is 72.9 cm³/mol. The molecule has 0 spiro atoms. The molecule has 1 fully saturated rings. The van der Waals surface area contributed by atoms with Crippen molar-refractivity contribution in [3.8, 4) is 11.8 Å². The molecule has 2 nitrogen and oxygen atoms in total. The van der Waals surface area contributed by atoms with Gasteiger partial charge < -0.3 is 4.74 Å². The summed E-state index contributed by atoms with van der Waals surface area (Å²) in [6.07, 6.45) is 0.948. The van der Waals surface area contributed by atoms with Crippen molar-refractivity contribution in [1.29, 1.82) is 5.26 Å². The van der Waals surface area contributed by atoms with E-state index in [9.17, 15) is 5.26 Å². The van der Waals surface area contributed by atoms with Gasteiger partial charge in [-0.2, -0.15) is 5.26 Å². The van der Waals surface area contributed by atoms with Crippen molar-refractivity contribution < 1.29 is 4.74 Å². The summed E-state index contributed by atoms with van der Waals surface area (Å²) < 4.78 is 5.40. The Morgan fingerprint density at radius 3 is 2.17 bits per heavy atom. The van der Waals surface area contributed by atoms with Crippen LogP contribution in [0.2, 0.25) is 0 Å². The van der Waals surface area contributed by atoms with E-state index in [0.29, 0.717) is 0 Å². The van der Waals surface area contributed by atoms with Crippen LogP contribution in [0, 0.1) is 37.5 Å². The van der Waals surface area contributed by atoms with Gasteiger partial charge in [-0.15, -0.1) is 0 Å². The first-order chi connectivity index (χ1) is 8.30. The summed E-state index contributed by atoms with van der Waals surface area (Å²) in [6.45, 7) is 10.6. The van der Waals surface area contributed by atoms with Crippen LogP contribution in [0.5, 0.6) is 5.75 Å². The van der Waals surface area contributed by atoms with Crippen molar-refractivity contribution >= 4 is 0 Å². The SMILES string of the molecule is COc1cc(C)c(C2(C#N)CC2(C)C)c(C)c1C. The molecule has 0 aromatic heterocycles. The van der Waals surface area contributed by atoms with Crippen LogP contribution in [0.4, 0.5) is 0 Å². The molecule has 1 unspecified atom stereocenters. The molecule has 0 radical (unpaired) electrons. The molecular formula is C16H21NO. The highest BCUT2D eigenvalue weighted by atomic mass is 16.5. The fourth-order valence-corrected chi connectivity index (χ4v) is 3.21. The van der Waals surface area contributed by atoms with Gasteiger partial charge in [0.1, 0.15) is 5.75 Å². The van der Waals surface area contributed by atoms with E-state index in [-0.39, 0.29) is 10.8 Å². The number of methoxy groups -OCH3 is 1. The van der Waals surface area contributed by atoms with Gasteiger partial charge in [0, 0.05) is 0 Å². The molecule has 1 aromatic rings. The highest BCUT2D eigenvalue weighted by Gasteiger charge is 2.64. The number of hydrogen-bond acceptors (Lipinski definition) is 2. The number of benzene rings is 1. The highest BCUT2D eigenvalue weighted by molar-refractivity contribution is 5.57. The quantitative estimate of drug-likeness (QED) is 0.791. The molecule has 0 saturated heterocycles. The maximum absolute atomic E-state index is 9.63. The zero-order valence-electron chi connectivity index (χ0n) is 12.1. The monoisotopic (exact) mass is 243 g/mol. The third kappa shape index (κ3) is 1.47. The normalized spacial score (nSPS) is 24.5. The molecule has 1 aromatic carbocycles. The molecule has 2 rings (SSSR count). The Kier molecular flexibility index (Phi) is 2.70. The number of nitrogens with zero attached hydrogens (tertiary/aromatic N) is 1. The lowest BCUT2D eigenvalue weighted by Gasteiger charge is -2.21. The summed E-state index contributed by atoms with van der Waals surface area (Å²) in [5.41, 5.74) is 4.51. The van der Waals surface area contributed by atoms with Crippen LogP contribution in [-0.2, 0) is 5.41 Å². The minimum Gasteiger partial charge on any atom is -0.496 e. The summed E-state index contributed by atoms with van der Waals surface area (Å²) in [5, 5.41) is 9.63. The van der Waals surface area contributed by atoms with Gasteiger partial charge in [0.15, 0.2) is 0 Å². The van der Waals surface area contributed by atoms with Gasteiger partial charge in [-0.3, -0.25) is 0 Å². The molecule has 2 heteroatoms. The second kappa shape index (κ2) is 3.75. The molecule has 0 N–H and O–H groups in total. The fraction of sp³-hybridized carbons (Fsp3) is 0.562. The Morgan fingerprint density at radius 2 is 1.78 bits per heavy atom. The molecule has 18 heavy (non-hydrogen) atoms. The van der Waals surface area contributed by atoms with E-state index in [1.165, 1.54) is 16.7 Å². The lowest BCUT2D eigenvalue weighted by molar-refractivity contribution is 0.410. The standard InChI is InChI=1S/C16H21NO/c1-10-7-13(18-6)11(2)12(3)14(10)16(9-17)8-15(16,4)5/h7H,8H2,1-6H3. The molecule has 1 aliphatic carbocycles. The zero-order valence-corrected chi connectivity index (χ0v) is 12.1. The van der Waals surface area contributed by atoms with Crippen LogP contribution in [-0.4, -0.2) is 7.11 Å². The Bertz CT molecular complexity index is 551. The molecule has 0 bridgehead atoms. The molecule has 0 heterocycles. The predicted octanol–water partition coefficient (Wildman–Crippen LogP) is 3.81. The Balaban J connectivity index is 2.68. The summed E-state index contributed by atoms with van der Waals surface area (Å²) in [6, 6.07) is 4.63. The Morgan fingerprint density at radius 1 is 1.22 bits per heavy atom. The largest absolute Gasteiger partial charge is 0.496 e. The van der Waals surface area contributed by atoms with Crippen LogP contribution in [0.15, 0.2) is 6.07 Å². The molecule has 0 amide bonds. The van der Waals surface area contributed by atoms with Gasteiger partial charge in [-0.25, -0.2) is 0 Å². The number of ether oxygens (including phenoxy) is 1. The number of nitriles is 1. The van der Waals surface area contributed by atoms with Crippen molar-refractivity contribution in [3.05, 3.63) is 28.3 Å². The van der Waals surface area contributed by atoms with E-state index in [1.807, 2.05) is 0 Å². The molecular weight excluding hydrogens is 222 g/mol. The second-order valence-electron chi connectivity index (χ2n) is 6.10. The number of aryl methyl sites for hydroxylation is 1. The maximum Gasteiger partial charge on any atom is 0.122 e. The van der Waals surface area contributed by atoms with Gasteiger partial charge in [0.2, 0.25) is 0 Å². The lowest BCUT2D eigenvalue weighted by Crippen LogP contribution is -2.16. The van der Waals surface area contributed by atoms with E-state index < -0.39 is 0 Å². The lowest BCUT2D eigenvalue weighted by atomic mass is 9.82. The van der Waals surface area contributed by atoms with Crippen LogP contribution < -0.4 is 4.74 Å². The fourth-order valence-electron chi connectivity index (χ4n) is 3.21. The Labute approximate surface area is 110 Å². The summed E-state index contributed by atoms with van der Waals surface area (Å²) in [4.78, 5) is 0. The maximum atomic E-state index is 9.63. The van der Waals surface area contributed by atoms with E-state index in [2.05, 4.69) is 46.8 Å². The average Bonchev–Trinajstić information content (AvgIpc) is 2.87. The Hall–Kier alpha value is -1.49. The van der Waals surface area contributed by atoms with Crippen LogP contribution in [0.25, 0.3) is 0 Å². The van der Waals surface area contributed by atoms with Crippen LogP contribution in [0.3, 0.4) is 0 Å². The summed E-state index contributed by atoms with van der Waals surface area (Å²) in [7, 11) is 1.70. The second-order valence-corrected chi connectivity index (χ2v) is 6.10. The van der Waals surface area contributed by atoms with Crippen molar-refractivity contribution in [2.45, 2.75) is 46.5 Å². The van der Waals surface area contributed by atoms with Gasteiger partial charge in [0.25, 0.3) is 0 Å². The molecule has 1 atom stereocenters. The molecule has 96 valence electrons. The van der Waals surface area contributed by atoms with E-state index in [0.717, 1.165) is 17.7 Å². The van der Waals surface area contributed by atoms with Gasteiger partial charge in [0.05, 0.1) is 18.6 Å². The van der Waals surface area contributed by atoms with E-state index in [1.54, 1.807) is 7.11 Å². The van der Waals surface area contributed by atoms with E-state index >= 15 is 0 Å². The van der Waals surface area contributed by atoms with Crippen LogP contribution in [0.1, 0.15) is 42.5 Å². The van der Waals surface area contributed by atoms with Gasteiger partial charge in [-0.1, -0.05) is 13.8 Å². The number of rotatable bonds is 2.